The Hall–Kier alpha value is -1.61. The second-order valence-electron chi connectivity index (χ2n) is 4.16. The molecule has 1 unspecified atom stereocenters. The summed E-state index contributed by atoms with van der Waals surface area (Å²) in [4.78, 5) is 12.0. The Balaban J connectivity index is 1.99. The van der Waals surface area contributed by atoms with Gasteiger partial charge in [0.1, 0.15) is 30.2 Å². The molecule has 3 rings (SSSR count). The van der Waals surface area contributed by atoms with E-state index in [0.717, 1.165) is 0 Å². The molecule has 0 aliphatic carbocycles. The standard InChI is InChI=1S/C10H12N4O4/c15-6-2-18-10(8(17)7(6)16)14-4-13-5-1-11-3-12-9(5)14/h1,3-4,6-8,10,15-17H,2H2/t6-,7-,8-,10?/m1/s1. The van der Waals surface area contributed by atoms with Crippen molar-refractivity contribution in [1.82, 2.24) is 19.5 Å². The smallest absolute Gasteiger partial charge is 0.165 e. The van der Waals surface area contributed by atoms with E-state index < -0.39 is 24.5 Å². The van der Waals surface area contributed by atoms with Gasteiger partial charge in [0.05, 0.1) is 19.1 Å². The summed E-state index contributed by atoms with van der Waals surface area (Å²) in [5, 5.41) is 28.9. The van der Waals surface area contributed by atoms with Gasteiger partial charge in [-0.05, 0) is 0 Å². The second kappa shape index (κ2) is 4.25. The molecule has 8 nitrogen and oxygen atoms in total. The molecule has 1 fully saturated rings. The summed E-state index contributed by atoms with van der Waals surface area (Å²) in [6.45, 7) is -0.0619. The first kappa shape index (κ1) is 11.5. The molecule has 0 aromatic carbocycles. The second-order valence-corrected chi connectivity index (χ2v) is 4.16. The third-order valence-electron chi connectivity index (χ3n) is 2.99. The van der Waals surface area contributed by atoms with Crippen molar-refractivity contribution >= 4 is 11.2 Å². The van der Waals surface area contributed by atoms with Crippen LogP contribution in [0.2, 0.25) is 0 Å². The number of rotatable bonds is 1. The lowest BCUT2D eigenvalue weighted by Gasteiger charge is -2.35. The van der Waals surface area contributed by atoms with Crippen molar-refractivity contribution in [2.45, 2.75) is 24.5 Å². The molecule has 2 aromatic rings. The number of ether oxygens (including phenoxy) is 1. The van der Waals surface area contributed by atoms with Crippen LogP contribution in [0.15, 0.2) is 18.9 Å². The fourth-order valence-electron chi connectivity index (χ4n) is 2.01. The van der Waals surface area contributed by atoms with Crippen molar-refractivity contribution in [3.05, 3.63) is 18.9 Å². The molecule has 3 heterocycles. The van der Waals surface area contributed by atoms with E-state index in [4.69, 9.17) is 4.74 Å². The van der Waals surface area contributed by atoms with Gasteiger partial charge < -0.3 is 20.1 Å². The van der Waals surface area contributed by atoms with Crippen LogP contribution in [-0.4, -0.2) is 59.8 Å². The van der Waals surface area contributed by atoms with Crippen molar-refractivity contribution in [1.29, 1.82) is 0 Å². The van der Waals surface area contributed by atoms with E-state index in [9.17, 15) is 15.3 Å². The lowest BCUT2D eigenvalue weighted by atomic mass is 10.0. The van der Waals surface area contributed by atoms with Gasteiger partial charge in [-0.3, -0.25) is 4.57 Å². The molecule has 8 heteroatoms. The number of aliphatic hydroxyl groups excluding tert-OH is 3. The molecule has 0 radical (unpaired) electrons. The molecule has 0 amide bonds. The lowest BCUT2D eigenvalue weighted by Crippen LogP contribution is -2.50. The molecule has 1 aliphatic heterocycles. The molecule has 0 bridgehead atoms. The zero-order chi connectivity index (χ0) is 12.7. The SMILES string of the molecule is O[C@@H]1[C@H](O)COC(n2cnc3cncnc32)[C@@H]1O. The van der Waals surface area contributed by atoms with Gasteiger partial charge in [-0.25, -0.2) is 15.0 Å². The maximum Gasteiger partial charge on any atom is 0.165 e. The fraction of sp³-hybridized carbons (Fsp3) is 0.500. The average molecular weight is 252 g/mol. The van der Waals surface area contributed by atoms with E-state index in [0.29, 0.717) is 11.2 Å². The molecule has 0 saturated carbocycles. The van der Waals surface area contributed by atoms with Crippen molar-refractivity contribution in [3.8, 4) is 0 Å². The summed E-state index contributed by atoms with van der Waals surface area (Å²) in [5.74, 6) is 0. The number of hydrogen-bond acceptors (Lipinski definition) is 7. The van der Waals surface area contributed by atoms with Crippen LogP contribution in [0, 0.1) is 0 Å². The predicted octanol–water partition coefficient (Wildman–Crippen LogP) is -1.56. The molecular formula is C10H12N4O4. The molecule has 0 spiro atoms. The van der Waals surface area contributed by atoms with Crippen LogP contribution in [0.3, 0.4) is 0 Å². The minimum atomic E-state index is -1.26. The van der Waals surface area contributed by atoms with Crippen molar-refractivity contribution in [2.75, 3.05) is 6.61 Å². The van der Waals surface area contributed by atoms with E-state index in [1.807, 2.05) is 0 Å². The van der Waals surface area contributed by atoms with E-state index in [2.05, 4.69) is 15.0 Å². The van der Waals surface area contributed by atoms with Crippen molar-refractivity contribution in [2.24, 2.45) is 0 Å². The highest BCUT2D eigenvalue weighted by molar-refractivity contribution is 5.68. The van der Waals surface area contributed by atoms with Crippen LogP contribution in [0.4, 0.5) is 0 Å². The van der Waals surface area contributed by atoms with Gasteiger partial charge in [-0.2, -0.15) is 0 Å². The molecule has 2 aromatic heterocycles. The number of aliphatic hydroxyl groups is 3. The van der Waals surface area contributed by atoms with Crippen LogP contribution < -0.4 is 0 Å². The van der Waals surface area contributed by atoms with Crippen LogP contribution >= 0.6 is 0 Å². The summed E-state index contributed by atoms with van der Waals surface area (Å²) >= 11 is 0. The van der Waals surface area contributed by atoms with E-state index in [-0.39, 0.29) is 6.61 Å². The lowest BCUT2D eigenvalue weighted by molar-refractivity contribution is -0.210. The quantitative estimate of drug-likeness (QED) is 0.562. The van der Waals surface area contributed by atoms with Gasteiger partial charge in [0.15, 0.2) is 11.9 Å². The Morgan fingerprint density at radius 1 is 1.22 bits per heavy atom. The van der Waals surface area contributed by atoms with Gasteiger partial charge in [-0.1, -0.05) is 0 Å². The van der Waals surface area contributed by atoms with Gasteiger partial charge in [0, 0.05) is 0 Å². The molecule has 18 heavy (non-hydrogen) atoms. The number of nitrogens with zero attached hydrogens (tertiary/aromatic N) is 4. The minimum Gasteiger partial charge on any atom is -0.388 e. The van der Waals surface area contributed by atoms with Gasteiger partial charge >= 0.3 is 0 Å². The Kier molecular flexibility index (Phi) is 2.71. The normalized spacial score (nSPS) is 32.8. The van der Waals surface area contributed by atoms with Crippen molar-refractivity contribution in [3.63, 3.8) is 0 Å². The summed E-state index contributed by atoms with van der Waals surface area (Å²) in [6, 6.07) is 0. The Bertz CT molecular complexity index is 560. The third-order valence-corrected chi connectivity index (χ3v) is 2.99. The summed E-state index contributed by atoms with van der Waals surface area (Å²) < 4.78 is 6.84. The number of aromatic nitrogens is 4. The minimum absolute atomic E-state index is 0.0619. The Morgan fingerprint density at radius 2 is 2.06 bits per heavy atom. The topological polar surface area (TPSA) is 114 Å². The molecule has 4 atom stereocenters. The molecule has 1 saturated heterocycles. The molecule has 96 valence electrons. The van der Waals surface area contributed by atoms with Gasteiger partial charge in [-0.15, -0.1) is 0 Å². The van der Waals surface area contributed by atoms with Crippen LogP contribution in [0.1, 0.15) is 6.23 Å². The first-order valence-electron chi connectivity index (χ1n) is 5.47. The van der Waals surface area contributed by atoms with Gasteiger partial charge in [0.25, 0.3) is 0 Å². The number of fused-ring (bicyclic) bond motifs is 1. The first-order valence-corrected chi connectivity index (χ1v) is 5.47. The van der Waals surface area contributed by atoms with E-state index in [1.54, 1.807) is 6.20 Å². The highest BCUT2D eigenvalue weighted by Crippen LogP contribution is 2.26. The average Bonchev–Trinajstić information content (AvgIpc) is 2.80. The van der Waals surface area contributed by atoms with Gasteiger partial charge in [0.2, 0.25) is 0 Å². The van der Waals surface area contributed by atoms with Crippen LogP contribution in [-0.2, 0) is 4.74 Å². The Labute approximate surface area is 102 Å². The molecule has 1 aliphatic rings. The largest absolute Gasteiger partial charge is 0.388 e. The van der Waals surface area contributed by atoms with Crippen LogP contribution in [0.5, 0.6) is 0 Å². The fourth-order valence-corrected chi connectivity index (χ4v) is 2.01. The Morgan fingerprint density at radius 3 is 2.89 bits per heavy atom. The highest BCUT2D eigenvalue weighted by atomic mass is 16.5. The van der Waals surface area contributed by atoms with E-state index >= 15 is 0 Å². The third kappa shape index (κ3) is 1.66. The maximum absolute atomic E-state index is 9.91. The van der Waals surface area contributed by atoms with E-state index in [1.165, 1.54) is 17.2 Å². The van der Waals surface area contributed by atoms with Crippen molar-refractivity contribution < 1.29 is 20.1 Å². The summed E-state index contributed by atoms with van der Waals surface area (Å²) in [7, 11) is 0. The zero-order valence-corrected chi connectivity index (χ0v) is 9.29. The predicted molar refractivity (Wildman–Crippen MR) is 58.3 cm³/mol. The highest BCUT2D eigenvalue weighted by Gasteiger charge is 2.39. The maximum atomic E-state index is 9.91. The summed E-state index contributed by atoms with van der Waals surface area (Å²) in [6.07, 6.45) is -0.0778. The zero-order valence-electron chi connectivity index (χ0n) is 9.29. The van der Waals surface area contributed by atoms with Crippen LogP contribution in [0.25, 0.3) is 11.2 Å². The molecule has 3 N–H and O–H groups in total. The number of hydrogen-bond donors (Lipinski definition) is 3. The first-order chi connectivity index (χ1) is 8.68. The summed E-state index contributed by atoms with van der Waals surface area (Å²) in [5.41, 5.74) is 1.06. The number of imidazole rings is 1. The monoisotopic (exact) mass is 252 g/mol. The molecular weight excluding hydrogens is 240 g/mol.